The fourth-order valence-corrected chi connectivity index (χ4v) is 2.26. The molecule has 0 aromatic carbocycles. The summed E-state index contributed by atoms with van der Waals surface area (Å²) in [5.41, 5.74) is 2.04. The van der Waals surface area contributed by atoms with Crippen LogP contribution in [0.2, 0.25) is 0 Å². The molecule has 0 aliphatic carbocycles. The molecule has 2 rings (SSSR count). The molecule has 96 valence electrons. The highest BCUT2D eigenvalue weighted by Crippen LogP contribution is 2.27. The van der Waals surface area contributed by atoms with Gasteiger partial charge in [0.1, 0.15) is 11.3 Å². The van der Waals surface area contributed by atoms with Crippen LogP contribution in [0, 0.1) is 6.92 Å². The van der Waals surface area contributed by atoms with Crippen LogP contribution in [0.5, 0.6) is 0 Å². The largest absolute Gasteiger partial charge is 0.439 e. The molecular formula is C13H17N3OS. The topological polar surface area (TPSA) is 51.0 Å². The van der Waals surface area contributed by atoms with Gasteiger partial charge in [-0.05, 0) is 30.3 Å². The van der Waals surface area contributed by atoms with Gasteiger partial charge < -0.3 is 9.73 Å². The van der Waals surface area contributed by atoms with Gasteiger partial charge in [0.2, 0.25) is 0 Å². The van der Waals surface area contributed by atoms with E-state index in [1.807, 2.05) is 13.0 Å². The van der Waals surface area contributed by atoms with E-state index in [1.165, 1.54) is 11.8 Å². The molecule has 2 aromatic rings. The van der Waals surface area contributed by atoms with E-state index in [0.29, 0.717) is 11.3 Å². The van der Waals surface area contributed by atoms with Crippen molar-refractivity contribution in [1.82, 2.24) is 15.3 Å². The Hall–Kier alpha value is -1.33. The van der Waals surface area contributed by atoms with Crippen molar-refractivity contribution in [2.75, 3.05) is 0 Å². The molecule has 2 aromatic heterocycles. The second-order valence-corrected chi connectivity index (χ2v) is 5.30. The molecule has 5 heteroatoms. The zero-order valence-corrected chi connectivity index (χ0v) is 11.6. The first-order valence-electron chi connectivity index (χ1n) is 5.92. The Morgan fingerprint density at radius 2 is 2.28 bits per heavy atom. The number of aryl methyl sites for hydroxylation is 1. The molecule has 0 aliphatic rings. The van der Waals surface area contributed by atoms with Gasteiger partial charge in [-0.1, -0.05) is 19.9 Å². The minimum absolute atomic E-state index is 0.451. The van der Waals surface area contributed by atoms with E-state index in [0.717, 1.165) is 22.8 Å². The molecule has 0 saturated heterocycles. The van der Waals surface area contributed by atoms with E-state index in [4.69, 9.17) is 4.42 Å². The number of nitrogens with zero attached hydrogens (tertiary/aromatic N) is 2. The molecule has 0 saturated carbocycles. The molecule has 18 heavy (non-hydrogen) atoms. The summed E-state index contributed by atoms with van der Waals surface area (Å²) in [6, 6.07) is 4.47. The van der Waals surface area contributed by atoms with Gasteiger partial charge in [0.25, 0.3) is 5.22 Å². The fraction of sp³-hybridized carbons (Fsp3) is 0.385. The number of aromatic nitrogens is 2. The minimum Gasteiger partial charge on any atom is -0.439 e. The number of pyridine rings is 1. The second kappa shape index (κ2) is 6.02. The number of hydrogen-bond donors (Lipinski definition) is 1. The third-order valence-corrected chi connectivity index (χ3v) is 3.26. The summed E-state index contributed by atoms with van der Waals surface area (Å²) in [7, 11) is 0. The van der Waals surface area contributed by atoms with Gasteiger partial charge in [-0.15, -0.1) is 0 Å². The molecular weight excluding hydrogens is 246 g/mol. The highest BCUT2D eigenvalue weighted by Gasteiger charge is 2.09. The third-order valence-electron chi connectivity index (χ3n) is 2.33. The van der Waals surface area contributed by atoms with E-state index in [9.17, 15) is 0 Å². The summed E-state index contributed by atoms with van der Waals surface area (Å²) in [4.78, 5) is 8.66. The number of rotatable bonds is 5. The van der Waals surface area contributed by atoms with Crippen molar-refractivity contribution in [3.05, 3.63) is 35.9 Å². The van der Waals surface area contributed by atoms with Gasteiger partial charge in [0.15, 0.2) is 0 Å². The zero-order chi connectivity index (χ0) is 13.0. The molecule has 0 radical (unpaired) electrons. The molecule has 4 nitrogen and oxygen atoms in total. The van der Waals surface area contributed by atoms with Crippen molar-refractivity contribution in [3.63, 3.8) is 0 Å². The standard InChI is InChI=1S/C13H17N3OS/c1-9(2)15-7-11-5-4-6-14-12(11)18-13-16-10(3)8-17-13/h4-6,8-9,15H,7H2,1-3H3. The maximum atomic E-state index is 5.34. The van der Waals surface area contributed by atoms with E-state index in [1.54, 1.807) is 12.5 Å². The lowest BCUT2D eigenvalue weighted by Gasteiger charge is -2.10. The van der Waals surface area contributed by atoms with Crippen molar-refractivity contribution >= 4 is 11.8 Å². The van der Waals surface area contributed by atoms with Crippen LogP contribution in [-0.4, -0.2) is 16.0 Å². The Bertz CT molecular complexity index is 510. The maximum absolute atomic E-state index is 5.34. The highest BCUT2D eigenvalue weighted by molar-refractivity contribution is 7.99. The average molecular weight is 263 g/mol. The second-order valence-electron chi connectivity index (χ2n) is 4.36. The molecule has 0 fully saturated rings. The summed E-state index contributed by atoms with van der Waals surface area (Å²) in [5.74, 6) is 0. The van der Waals surface area contributed by atoms with E-state index in [-0.39, 0.29) is 0 Å². The first-order chi connectivity index (χ1) is 8.65. The molecule has 2 heterocycles. The SMILES string of the molecule is Cc1coc(Sc2ncccc2CNC(C)C)n1. The van der Waals surface area contributed by atoms with Gasteiger partial charge in [0.05, 0.1) is 5.69 Å². The Kier molecular flexibility index (Phi) is 4.38. The van der Waals surface area contributed by atoms with Crippen LogP contribution in [0.4, 0.5) is 0 Å². The van der Waals surface area contributed by atoms with Crippen molar-refractivity contribution in [1.29, 1.82) is 0 Å². The lowest BCUT2D eigenvalue weighted by Crippen LogP contribution is -2.22. The van der Waals surface area contributed by atoms with Crippen LogP contribution < -0.4 is 5.32 Å². The lowest BCUT2D eigenvalue weighted by molar-refractivity contribution is 0.453. The molecule has 0 bridgehead atoms. The first-order valence-corrected chi connectivity index (χ1v) is 6.74. The first kappa shape index (κ1) is 13.1. The number of nitrogens with one attached hydrogen (secondary N) is 1. The number of oxazole rings is 1. The van der Waals surface area contributed by atoms with Gasteiger partial charge in [-0.3, -0.25) is 0 Å². The van der Waals surface area contributed by atoms with Crippen molar-refractivity contribution < 1.29 is 4.42 Å². The van der Waals surface area contributed by atoms with E-state index >= 15 is 0 Å². The highest BCUT2D eigenvalue weighted by atomic mass is 32.2. The van der Waals surface area contributed by atoms with Crippen LogP contribution in [0.25, 0.3) is 0 Å². The Morgan fingerprint density at radius 3 is 2.94 bits per heavy atom. The summed E-state index contributed by atoms with van der Waals surface area (Å²) in [6.07, 6.45) is 3.44. The van der Waals surface area contributed by atoms with Gasteiger partial charge in [-0.25, -0.2) is 9.97 Å². The summed E-state index contributed by atoms with van der Waals surface area (Å²) >= 11 is 1.46. The van der Waals surface area contributed by atoms with Crippen molar-refractivity contribution in [2.45, 2.75) is 43.6 Å². The van der Waals surface area contributed by atoms with Crippen molar-refractivity contribution in [3.8, 4) is 0 Å². The Balaban J connectivity index is 2.11. The van der Waals surface area contributed by atoms with Crippen LogP contribution >= 0.6 is 11.8 Å². The van der Waals surface area contributed by atoms with Crippen LogP contribution in [0.15, 0.2) is 39.3 Å². The smallest absolute Gasteiger partial charge is 0.262 e. The molecule has 1 N–H and O–H groups in total. The van der Waals surface area contributed by atoms with E-state index in [2.05, 4.69) is 35.2 Å². The van der Waals surface area contributed by atoms with Gasteiger partial charge in [0, 0.05) is 18.8 Å². The molecule has 0 spiro atoms. The van der Waals surface area contributed by atoms with Gasteiger partial charge >= 0.3 is 0 Å². The normalized spacial score (nSPS) is 11.1. The minimum atomic E-state index is 0.451. The van der Waals surface area contributed by atoms with Crippen molar-refractivity contribution in [2.24, 2.45) is 0 Å². The zero-order valence-electron chi connectivity index (χ0n) is 10.8. The maximum Gasteiger partial charge on any atom is 0.262 e. The predicted molar refractivity (Wildman–Crippen MR) is 71.6 cm³/mol. The number of hydrogen-bond acceptors (Lipinski definition) is 5. The van der Waals surface area contributed by atoms with Gasteiger partial charge in [-0.2, -0.15) is 0 Å². The molecule has 0 aliphatic heterocycles. The molecule has 0 atom stereocenters. The molecule has 0 unspecified atom stereocenters. The monoisotopic (exact) mass is 263 g/mol. The Morgan fingerprint density at radius 1 is 1.44 bits per heavy atom. The lowest BCUT2D eigenvalue weighted by atomic mass is 10.2. The van der Waals surface area contributed by atoms with Crippen LogP contribution in [-0.2, 0) is 6.54 Å². The van der Waals surface area contributed by atoms with Crippen LogP contribution in [0.3, 0.4) is 0 Å². The molecule has 0 amide bonds. The average Bonchev–Trinajstić information content (AvgIpc) is 2.73. The fourth-order valence-electron chi connectivity index (χ4n) is 1.43. The van der Waals surface area contributed by atoms with E-state index < -0.39 is 0 Å². The summed E-state index contributed by atoms with van der Waals surface area (Å²) in [5, 5.41) is 4.96. The summed E-state index contributed by atoms with van der Waals surface area (Å²) in [6.45, 7) is 6.96. The third kappa shape index (κ3) is 3.58. The quantitative estimate of drug-likeness (QED) is 0.898. The Labute approximate surface area is 111 Å². The van der Waals surface area contributed by atoms with Crippen LogP contribution in [0.1, 0.15) is 25.1 Å². The predicted octanol–water partition coefficient (Wildman–Crippen LogP) is 3.03. The summed E-state index contributed by atoms with van der Waals surface area (Å²) < 4.78 is 5.34.